The van der Waals surface area contributed by atoms with Crippen molar-refractivity contribution in [1.29, 1.82) is 0 Å². The van der Waals surface area contributed by atoms with Crippen LogP contribution in [0, 0.1) is 46.9 Å². The molecule has 1 radical (unpaired) electrons. The molecule has 45 heavy (non-hydrogen) atoms. The van der Waals surface area contributed by atoms with Crippen LogP contribution < -0.4 is 15.3 Å². The number of para-hydroxylation sites is 3. The van der Waals surface area contributed by atoms with Gasteiger partial charge in [-0.05, 0) is 30.3 Å². The van der Waals surface area contributed by atoms with Crippen LogP contribution >= 0.6 is 0 Å². The fourth-order valence-electron chi connectivity index (χ4n) is 3.61. The van der Waals surface area contributed by atoms with Crippen LogP contribution in [0.3, 0.4) is 0 Å². The number of pyridine rings is 2. The van der Waals surface area contributed by atoms with Crippen molar-refractivity contribution in [2.45, 2.75) is 0 Å². The van der Waals surface area contributed by atoms with Crippen LogP contribution in [0.2, 0.25) is 0 Å². The topological polar surface area (TPSA) is 207 Å². The molecule has 0 spiro atoms. The van der Waals surface area contributed by atoms with Crippen molar-refractivity contribution in [3.63, 3.8) is 0 Å². The van der Waals surface area contributed by atoms with Gasteiger partial charge in [0.1, 0.15) is 0 Å². The predicted molar refractivity (Wildman–Crippen MR) is 156 cm³/mol. The Morgan fingerprint density at radius 2 is 0.733 bits per heavy atom. The second kappa shape index (κ2) is 18.0. The minimum absolute atomic E-state index is 0. The molecule has 0 aliphatic heterocycles. The molecule has 0 saturated heterocycles. The zero-order chi connectivity index (χ0) is 32.1. The molecule has 12 heteroatoms. The van der Waals surface area contributed by atoms with Crippen LogP contribution in [0.4, 0.5) is 0 Å². The molecule has 0 saturated carbocycles. The summed E-state index contributed by atoms with van der Waals surface area (Å²) in [4.78, 5) is 39.4. The van der Waals surface area contributed by atoms with Crippen LogP contribution in [0.25, 0.3) is 21.8 Å². The molecule has 11 nitrogen and oxygen atoms in total. The fourth-order valence-corrected chi connectivity index (χ4v) is 3.61. The smallest absolute Gasteiger partial charge is 0.872 e. The molecule has 6 rings (SSSR count). The van der Waals surface area contributed by atoms with Gasteiger partial charge in [0.2, 0.25) is 0 Å². The van der Waals surface area contributed by atoms with E-state index in [-0.39, 0.29) is 63.6 Å². The van der Waals surface area contributed by atoms with Gasteiger partial charge in [0.05, 0.1) is 27.7 Å². The number of carboxylic acids is 3. The van der Waals surface area contributed by atoms with Crippen molar-refractivity contribution in [3.05, 3.63) is 138 Å². The molecule has 3 N–H and O–H groups in total. The first kappa shape index (κ1) is 36.2. The third-order valence-corrected chi connectivity index (χ3v) is 5.70. The average molecular weight is 765 g/mol. The first-order chi connectivity index (χ1) is 21.1. The van der Waals surface area contributed by atoms with Crippen molar-refractivity contribution in [3.8, 4) is 17.2 Å². The van der Waals surface area contributed by atoms with Gasteiger partial charge in [0.15, 0.2) is 0 Å². The summed E-state index contributed by atoms with van der Waals surface area (Å²) in [5.74, 6) is -4.87. The van der Waals surface area contributed by atoms with E-state index in [1.165, 1.54) is 72.8 Å². The number of nitrogens with zero attached hydrogens (tertiary/aromatic N) is 2. The van der Waals surface area contributed by atoms with E-state index in [1.807, 2.05) is 12.1 Å². The third kappa shape index (κ3) is 10.6. The maximum absolute atomic E-state index is 10.7. The van der Waals surface area contributed by atoms with Gasteiger partial charge in [-0.1, -0.05) is 96.1 Å². The molecule has 0 fully saturated rings. The molecule has 0 bridgehead atoms. The molecule has 0 aliphatic carbocycles. The molecular weight excluding hydrogens is 741 g/mol. The monoisotopic (exact) mass is 765 g/mol. The normalized spacial score (nSPS) is 9.51. The standard InChI is InChI=1S/C12H8N2.3C7H6O3.Yb/c1-3-9-5-6-10-4-2-8-14-12(10)11(9)13-7-1;3*8-6-4-2-1-3-5(6)7(9)10;/h1-8H;3*1-4,8H,(H,9,10);/q;;;;+3/p-3. The Hall–Kier alpha value is -4.97. The summed E-state index contributed by atoms with van der Waals surface area (Å²) in [6.45, 7) is 0. The van der Waals surface area contributed by atoms with Crippen LogP contribution in [-0.4, -0.2) is 43.2 Å². The number of hydrogen-bond donors (Lipinski definition) is 3. The summed E-state index contributed by atoms with van der Waals surface area (Å²) in [6.07, 6.45) is 3.60. The van der Waals surface area contributed by atoms with E-state index >= 15 is 0 Å². The molecule has 4 aromatic carbocycles. The Bertz CT molecular complexity index is 1730. The summed E-state index contributed by atoms with van der Waals surface area (Å²) in [5.41, 5.74) is 1.42. The van der Waals surface area contributed by atoms with Crippen molar-refractivity contribution < 1.29 is 91.9 Å². The van der Waals surface area contributed by atoms with Gasteiger partial charge >= 0.3 is 64.8 Å². The maximum atomic E-state index is 10.7. The molecule has 6 aromatic rings. The first-order valence-electron chi connectivity index (χ1n) is 12.7. The van der Waals surface area contributed by atoms with E-state index in [4.69, 9.17) is 15.3 Å². The Labute approximate surface area is 295 Å². The Morgan fingerprint density at radius 1 is 0.444 bits per heavy atom. The van der Waals surface area contributed by atoms with Gasteiger partial charge in [0.25, 0.3) is 0 Å². The van der Waals surface area contributed by atoms with E-state index in [0.717, 1.165) is 21.8 Å². The van der Waals surface area contributed by atoms with Crippen molar-refractivity contribution in [2.75, 3.05) is 0 Å². The molecule has 0 atom stereocenters. The molecule has 2 aromatic heterocycles. The second-order valence-corrected chi connectivity index (χ2v) is 8.62. The number of benzene rings is 4. The van der Waals surface area contributed by atoms with Crippen LogP contribution in [-0.2, 0) is 0 Å². The first-order valence-corrected chi connectivity index (χ1v) is 12.7. The van der Waals surface area contributed by atoms with E-state index < -0.39 is 35.2 Å². The zero-order valence-corrected chi connectivity index (χ0v) is 24.7. The predicted octanol–water partition coefficient (Wildman–Crippen LogP) is 4.16. The minimum Gasteiger partial charge on any atom is -0.872 e. The third-order valence-electron chi connectivity index (χ3n) is 5.70. The average Bonchev–Trinajstić information content (AvgIpc) is 3.02. The Balaban J connectivity index is 0.000000211. The Morgan fingerprint density at radius 3 is 0.978 bits per heavy atom. The summed E-state index contributed by atoms with van der Waals surface area (Å²) in [7, 11) is 0. The van der Waals surface area contributed by atoms with Gasteiger partial charge in [0, 0.05) is 23.2 Å². The van der Waals surface area contributed by atoms with E-state index in [9.17, 15) is 29.7 Å². The second-order valence-electron chi connectivity index (χ2n) is 8.62. The van der Waals surface area contributed by atoms with Crippen molar-refractivity contribution in [2.24, 2.45) is 0 Å². The number of rotatable bonds is 3. The van der Waals surface area contributed by atoms with Crippen molar-refractivity contribution >= 4 is 39.7 Å². The quantitative estimate of drug-likeness (QED) is 0.218. The van der Waals surface area contributed by atoms with E-state index in [2.05, 4.69) is 34.2 Å². The number of aromatic nitrogens is 2. The SMILES string of the molecule is O=C(O)c1ccccc1[O-].O=C(O)c1ccccc1[O-].O=C(O)c1ccccc1[O-].[Yb+3].c1cnc2c(c1)ccc1cccnc12. The zero-order valence-electron chi connectivity index (χ0n) is 23.0. The van der Waals surface area contributed by atoms with Gasteiger partial charge in [-0.2, -0.15) is 0 Å². The van der Waals surface area contributed by atoms with Gasteiger partial charge < -0.3 is 30.6 Å². The molecule has 0 unspecified atom stereocenters. The maximum Gasteiger partial charge on any atom is 3.00 e. The minimum atomic E-state index is -1.18. The number of fused-ring (bicyclic) bond motifs is 3. The molecule has 2 heterocycles. The summed E-state index contributed by atoms with van der Waals surface area (Å²) in [5, 5.41) is 59.4. The fraction of sp³-hybridized carbons (Fsp3) is 0. The van der Waals surface area contributed by atoms with Crippen LogP contribution in [0.15, 0.2) is 122 Å². The largest absolute Gasteiger partial charge is 3.00 e. The Kier molecular flexibility index (Phi) is 14.5. The summed E-state index contributed by atoms with van der Waals surface area (Å²) >= 11 is 0. The molecule has 0 amide bonds. The van der Waals surface area contributed by atoms with Crippen LogP contribution in [0.1, 0.15) is 31.1 Å². The van der Waals surface area contributed by atoms with Crippen LogP contribution in [0.5, 0.6) is 17.2 Å². The van der Waals surface area contributed by atoms with Gasteiger partial charge in [-0.15, -0.1) is 0 Å². The van der Waals surface area contributed by atoms with E-state index in [1.54, 1.807) is 12.4 Å². The van der Waals surface area contributed by atoms with Gasteiger partial charge in [-0.3, -0.25) is 9.97 Å². The summed E-state index contributed by atoms with van der Waals surface area (Å²) < 4.78 is 0. The molecule has 0 aliphatic rings. The summed E-state index contributed by atoms with van der Waals surface area (Å²) in [6, 6.07) is 28.7. The van der Waals surface area contributed by atoms with Crippen molar-refractivity contribution in [1.82, 2.24) is 9.97 Å². The number of aromatic carboxylic acids is 3. The van der Waals surface area contributed by atoms with Gasteiger partial charge in [-0.25, -0.2) is 14.4 Å². The number of carbonyl (C=O) groups is 3. The number of hydrogen-bond acceptors (Lipinski definition) is 8. The van der Waals surface area contributed by atoms with E-state index in [0.29, 0.717) is 0 Å². The number of carboxylic acid groups (broad SMARTS) is 3. The molecular formula is C33H23N2O9Yb. The molecule has 233 valence electrons.